The highest BCUT2D eigenvalue weighted by atomic mass is 35.5. The predicted molar refractivity (Wildman–Crippen MR) is 56.0 cm³/mol. The zero-order valence-corrected chi connectivity index (χ0v) is 9.74. The molecule has 0 bridgehead atoms. The summed E-state index contributed by atoms with van der Waals surface area (Å²) in [6.45, 7) is 1.23. The van der Waals surface area contributed by atoms with E-state index in [1.807, 2.05) is 0 Å². The summed E-state index contributed by atoms with van der Waals surface area (Å²) in [5.74, 6) is -1.07. The fourth-order valence-corrected chi connectivity index (χ4v) is 2.60. The molecule has 1 fully saturated rings. The van der Waals surface area contributed by atoms with Crippen molar-refractivity contribution < 1.29 is 13.2 Å². The van der Waals surface area contributed by atoms with Gasteiger partial charge in [-0.25, -0.2) is 0 Å². The predicted octanol–water partition coefficient (Wildman–Crippen LogP) is 2.76. The normalized spacial score (nSPS) is 22.5. The number of hydrogen-bond donors (Lipinski definition) is 0. The van der Waals surface area contributed by atoms with Gasteiger partial charge < -0.3 is 4.90 Å². The monoisotopic (exact) mass is 271 g/mol. The lowest BCUT2D eigenvalue weighted by atomic mass is 10.1. The van der Waals surface area contributed by atoms with Crippen LogP contribution in [-0.4, -0.2) is 27.8 Å². The van der Waals surface area contributed by atoms with Gasteiger partial charge in [-0.3, -0.25) is 0 Å². The molecule has 0 saturated carbocycles. The van der Waals surface area contributed by atoms with Gasteiger partial charge in [-0.15, -0.1) is 11.6 Å². The van der Waals surface area contributed by atoms with Gasteiger partial charge in [0.1, 0.15) is 0 Å². The lowest BCUT2D eigenvalue weighted by Gasteiger charge is -2.28. The van der Waals surface area contributed by atoms with Crippen molar-refractivity contribution >= 4 is 28.3 Å². The third kappa shape index (κ3) is 2.57. The summed E-state index contributed by atoms with van der Waals surface area (Å²) in [6.07, 6.45) is -2.71. The summed E-state index contributed by atoms with van der Waals surface area (Å²) in [5, 5.41) is 0.282. The molecule has 1 aromatic heterocycles. The van der Waals surface area contributed by atoms with Gasteiger partial charge in [0, 0.05) is 24.6 Å². The van der Waals surface area contributed by atoms with Crippen LogP contribution in [0.4, 0.5) is 18.3 Å². The molecular formula is C8H9ClF3N3S. The average molecular weight is 272 g/mol. The Morgan fingerprint density at radius 2 is 2.19 bits per heavy atom. The second-order valence-corrected chi connectivity index (χ2v) is 4.93. The first-order valence-electron chi connectivity index (χ1n) is 4.77. The Morgan fingerprint density at radius 1 is 1.44 bits per heavy atom. The van der Waals surface area contributed by atoms with Gasteiger partial charge >= 0.3 is 6.18 Å². The van der Waals surface area contributed by atoms with Crippen LogP contribution in [0.15, 0.2) is 0 Å². The molecule has 1 aliphatic heterocycles. The zero-order valence-electron chi connectivity index (χ0n) is 8.17. The number of nitrogens with zero attached hydrogens (tertiary/aromatic N) is 3. The van der Waals surface area contributed by atoms with Crippen molar-refractivity contribution in [3.8, 4) is 0 Å². The molecule has 0 aromatic carbocycles. The Morgan fingerprint density at radius 3 is 2.75 bits per heavy atom. The third-order valence-corrected chi connectivity index (χ3v) is 3.44. The number of anilines is 1. The summed E-state index contributed by atoms with van der Waals surface area (Å²) in [7, 11) is 0. The molecule has 2 heterocycles. The third-order valence-electron chi connectivity index (χ3n) is 2.30. The summed E-state index contributed by atoms with van der Waals surface area (Å²) >= 11 is 6.72. The Bertz CT molecular complexity index is 368. The quantitative estimate of drug-likeness (QED) is 0.736. The van der Waals surface area contributed by atoms with Crippen molar-refractivity contribution in [2.24, 2.45) is 0 Å². The van der Waals surface area contributed by atoms with Gasteiger partial charge in [-0.05, 0) is 12.8 Å². The minimum absolute atomic E-state index is 0.0213. The van der Waals surface area contributed by atoms with Crippen LogP contribution in [0.1, 0.15) is 18.7 Å². The standard InChI is InChI=1S/C8H9ClF3N3S/c9-5-2-1-3-15(4-5)7-13-6(14-16-7)8(10,11)12/h5H,1-4H2. The lowest BCUT2D eigenvalue weighted by Crippen LogP contribution is -2.35. The molecule has 0 amide bonds. The molecule has 1 aliphatic rings. The van der Waals surface area contributed by atoms with Crippen molar-refractivity contribution in [3.05, 3.63) is 5.82 Å². The molecule has 0 N–H and O–H groups in total. The van der Waals surface area contributed by atoms with Crippen molar-refractivity contribution in [3.63, 3.8) is 0 Å². The van der Waals surface area contributed by atoms with Crippen molar-refractivity contribution in [1.82, 2.24) is 9.36 Å². The second kappa shape index (κ2) is 4.37. The summed E-state index contributed by atoms with van der Waals surface area (Å²) in [6, 6.07) is 0. The molecule has 90 valence electrons. The van der Waals surface area contributed by atoms with Crippen LogP contribution < -0.4 is 4.90 Å². The summed E-state index contributed by atoms with van der Waals surface area (Å²) in [4.78, 5) is 5.25. The fraction of sp³-hybridized carbons (Fsp3) is 0.750. The Hall–Kier alpha value is -0.560. The fourth-order valence-electron chi connectivity index (χ4n) is 1.56. The smallest absolute Gasteiger partial charge is 0.345 e. The maximum Gasteiger partial charge on any atom is 0.452 e. The van der Waals surface area contributed by atoms with Crippen molar-refractivity contribution in [2.45, 2.75) is 24.4 Å². The topological polar surface area (TPSA) is 29.0 Å². The van der Waals surface area contributed by atoms with E-state index in [0.29, 0.717) is 18.2 Å². The SMILES string of the molecule is FC(F)(F)c1nsc(N2CCCC(Cl)C2)n1. The summed E-state index contributed by atoms with van der Waals surface area (Å²) in [5.41, 5.74) is 0. The first-order valence-corrected chi connectivity index (χ1v) is 5.98. The first kappa shape index (κ1) is 11.9. The number of hydrogen-bond acceptors (Lipinski definition) is 4. The number of halogens is 4. The largest absolute Gasteiger partial charge is 0.452 e. The number of aromatic nitrogens is 2. The van der Waals surface area contributed by atoms with E-state index in [4.69, 9.17) is 11.6 Å². The van der Waals surface area contributed by atoms with E-state index >= 15 is 0 Å². The van der Waals surface area contributed by atoms with Gasteiger partial charge in [0.05, 0.1) is 5.38 Å². The van der Waals surface area contributed by atoms with Crippen LogP contribution in [0.2, 0.25) is 0 Å². The van der Waals surface area contributed by atoms with Gasteiger partial charge in [0.2, 0.25) is 11.0 Å². The number of alkyl halides is 4. The van der Waals surface area contributed by atoms with E-state index < -0.39 is 12.0 Å². The van der Waals surface area contributed by atoms with Crippen LogP contribution in [0.3, 0.4) is 0 Å². The number of piperidine rings is 1. The molecule has 1 atom stereocenters. The van der Waals surface area contributed by atoms with Gasteiger partial charge in [0.25, 0.3) is 0 Å². The van der Waals surface area contributed by atoms with E-state index in [-0.39, 0.29) is 5.38 Å². The first-order chi connectivity index (χ1) is 7.47. The van der Waals surface area contributed by atoms with Crippen LogP contribution >= 0.6 is 23.1 Å². The van der Waals surface area contributed by atoms with E-state index in [0.717, 1.165) is 24.4 Å². The molecular weight excluding hydrogens is 263 g/mol. The molecule has 8 heteroatoms. The van der Waals surface area contributed by atoms with Gasteiger partial charge in [0.15, 0.2) is 0 Å². The van der Waals surface area contributed by atoms with Crippen LogP contribution in [-0.2, 0) is 6.18 Å². The maximum atomic E-state index is 12.3. The molecule has 0 radical (unpaired) electrons. The van der Waals surface area contributed by atoms with Crippen molar-refractivity contribution in [2.75, 3.05) is 18.0 Å². The maximum absolute atomic E-state index is 12.3. The van der Waals surface area contributed by atoms with Gasteiger partial charge in [-0.1, -0.05) is 0 Å². The van der Waals surface area contributed by atoms with Crippen LogP contribution in [0.5, 0.6) is 0 Å². The molecule has 1 unspecified atom stereocenters. The molecule has 0 aliphatic carbocycles. The summed E-state index contributed by atoms with van der Waals surface area (Å²) < 4.78 is 40.2. The molecule has 1 saturated heterocycles. The van der Waals surface area contributed by atoms with Gasteiger partial charge in [-0.2, -0.15) is 22.5 Å². The number of rotatable bonds is 1. The Labute approximate surface area is 99.4 Å². The lowest BCUT2D eigenvalue weighted by molar-refractivity contribution is -0.144. The van der Waals surface area contributed by atoms with E-state index in [2.05, 4.69) is 9.36 Å². The molecule has 16 heavy (non-hydrogen) atoms. The average Bonchev–Trinajstić information content (AvgIpc) is 2.65. The van der Waals surface area contributed by atoms with E-state index in [1.54, 1.807) is 4.90 Å². The molecule has 0 spiro atoms. The highest BCUT2D eigenvalue weighted by Gasteiger charge is 2.36. The highest BCUT2D eigenvalue weighted by molar-refractivity contribution is 7.09. The van der Waals surface area contributed by atoms with Crippen molar-refractivity contribution in [1.29, 1.82) is 0 Å². The molecule has 2 rings (SSSR count). The second-order valence-electron chi connectivity index (χ2n) is 3.58. The van der Waals surface area contributed by atoms with Crippen LogP contribution in [0.25, 0.3) is 0 Å². The van der Waals surface area contributed by atoms with Crippen LogP contribution in [0, 0.1) is 0 Å². The minimum atomic E-state index is -4.47. The Balaban J connectivity index is 2.12. The molecule has 1 aromatic rings. The minimum Gasteiger partial charge on any atom is -0.345 e. The molecule has 3 nitrogen and oxygen atoms in total. The Kier molecular flexibility index (Phi) is 3.25. The zero-order chi connectivity index (χ0) is 11.8. The van der Waals surface area contributed by atoms with E-state index in [1.165, 1.54) is 0 Å². The highest BCUT2D eigenvalue weighted by Crippen LogP contribution is 2.31. The van der Waals surface area contributed by atoms with E-state index in [9.17, 15) is 13.2 Å².